The Kier molecular flexibility index (Phi) is 11.5. The zero-order valence-corrected chi connectivity index (χ0v) is 24.0. The lowest BCUT2D eigenvalue weighted by Crippen LogP contribution is -2.31. The Labute approximate surface area is 246 Å². The summed E-state index contributed by atoms with van der Waals surface area (Å²) in [5.74, 6) is -5.36. The highest BCUT2D eigenvalue weighted by atomic mass is 32.2. The number of sulfonamides is 1. The smallest absolute Gasteiger partial charge is 0.307 e. The first-order valence-electron chi connectivity index (χ1n) is 12.9. The van der Waals surface area contributed by atoms with E-state index in [1.807, 2.05) is 6.07 Å². The number of esters is 1. The van der Waals surface area contributed by atoms with Crippen LogP contribution in [0.2, 0.25) is 0 Å². The minimum atomic E-state index is -4.12. The summed E-state index contributed by atoms with van der Waals surface area (Å²) in [6.45, 7) is 1.20. The molecule has 10 nitrogen and oxygen atoms in total. The zero-order valence-electron chi connectivity index (χ0n) is 23.2. The molecule has 0 heterocycles. The minimum absolute atomic E-state index is 0.000298. The van der Waals surface area contributed by atoms with Gasteiger partial charge in [0.2, 0.25) is 10.0 Å². The van der Waals surface area contributed by atoms with Crippen molar-refractivity contribution in [3.63, 3.8) is 0 Å². The third-order valence-corrected chi connectivity index (χ3v) is 7.45. The molecule has 0 bridgehead atoms. The number of nitrogens with zero attached hydrogens (tertiary/aromatic N) is 1. The molecule has 0 aliphatic heterocycles. The lowest BCUT2D eigenvalue weighted by Gasteiger charge is -2.15. The number of methoxy groups -OCH3 is 1. The number of nitriles is 1. The van der Waals surface area contributed by atoms with Crippen molar-refractivity contribution >= 4 is 21.9 Å². The maximum atomic E-state index is 13.9. The zero-order chi connectivity index (χ0) is 31.6. The van der Waals surface area contributed by atoms with Gasteiger partial charge in [-0.25, -0.2) is 26.3 Å². The topological polar surface area (TPSA) is 144 Å². The Hall–Kier alpha value is -4.61. The Morgan fingerprint density at radius 1 is 0.953 bits per heavy atom. The average molecular weight is 620 g/mol. The van der Waals surface area contributed by atoms with Gasteiger partial charge >= 0.3 is 5.97 Å². The number of nitrogens with one attached hydrogen (secondary N) is 2. The maximum absolute atomic E-state index is 13.9. The highest BCUT2D eigenvalue weighted by Gasteiger charge is 2.21. The van der Waals surface area contributed by atoms with Crippen LogP contribution in [0.15, 0.2) is 53.4 Å². The van der Waals surface area contributed by atoms with E-state index in [4.69, 9.17) is 19.5 Å². The maximum Gasteiger partial charge on any atom is 0.307 e. The third-order valence-electron chi connectivity index (χ3n) is 5.97. The lowest BCUT2D eigenvalue weighted by atomic mass is 10.0. The van der Waals surface area contributed by atoms with Crippen LogP contribution in [-0.2, 0) is 30.8 Å². The molecule has 3 rings (SSSR count). The van der Waals surface area contributed by atoms with Crippen molar-refractivity contribution in [2.45, 2.75) is 24.7 Å². The fraction of sp³-hybridized carbons (Fsp3) is 0.276. The largest absolute Gasteiger partial charge is 0.495 e. The first-order valence-corrected chi connectivity index (χ1v) is 14.4. The van der Waals surface area contributed by atoms with Crippen molar-refractivity contribution in [3.05, 3.63) is 77.1 Å². The number of carbonyl (C=O) groups excluding carboxylic acids is 2. The van der Waals surface area contributed by atoms with Crippen molar-refractivity contribution in [2.75, 3.05) is 33.4 Å². The van der Waals surface area contributed by atoms with Crippen LogP contribution in [0, 0.1) is 28.8 Å². The number of halogens is 3. The Bertz CT molecular complexity index is 1620. The van der Waals surface area contributed by atoms with Gasteiger partial charge in [0.15, 0.2) is 24.1 Å². The van der Waals surface area contributed by atoms with Gasteiger partial charge < -0.3 is 19.5 Å². The predicted octanol–water partition coefficient (Wildman–Crippen LogP) is 3.62. The Morgan fingerprint density at radius 3 is 2.33 bits per heavy atom. The summed E-state index contributed by atoms with van der Waals surface area (Å²) in [6.07, 6.45) is -0.00404. The number of rotatable bonds is 14. The first-order chi connectivity index (χ1) is 20.5. The molecule has 0 saturated heterocycles. The van der Waals surface area contributed by atoms with Crippen LogP contribution in [-0.4, -0.2) is 53.7 Å². The van der Waals surface area contributed by atoms with Crippen molar-refractivity contribution < 1.29 is 45.4 Å². The minimum Gasteiger partial charge on any atom is -0.495 e. The van der Waals surface area contributed by atoms with Crippen LogP contribution in [0.4, 0.5) is 13.2 Å². The van der Waals surface area contributed by atoms with Gasteiger partial charge in [-0.2, -0.15) is 5.26 Å². The normalized spacial score (nSPS) is 11.0. The van der Waals surface area contributed by atoms with Crippen LogP contribution < -0.4 is 19.5 Å². The quantitative estimate of drug-likeness (QED) is 0.206. The van der Waals surface area contributed by atoms with E-state index in [2.05, 4.69) is 10.0 Å². The third kappa shape index (κ3) is 8.94. The predicted molar refractivity (Wildman–Crippen MR) is 148 cm³/mol. The second-order valence-electron chi connectivity index (χ2n) is 8.90. The molecule has 228 valence electrons. The number of benzene rings is 3. The standard InChI is InChI=1S/C29H28F3N3O7S/c1-3-41-28(37)9-10-34-27(36)17-42-25-15-20(21-13-22(30)29(32)23(31)14-21)6-5-19(25)8-11-35-43(38,39)26-12-18(16-33)4-7-24(26)40-2/h4-7,12-15,35H,3,8-11,17H2,1-2H3,(H,34,36). The summed E-state index contributed by atoms with van der Waals surface area (Å²) in [5.41, 5.74) is 0.767. The van der Waals surface area contributed by atoms with E-state index in [1.54, 1.807) is 6.92 Å². The lowest BCUT2D eigenvalue weighted by molar-refractivity contribution is -0.143. The molecule has 0 atom stereocenters. The van der Waals surface area contributed by atoms with Crippen LogP contribution in [0.3, 0.4) is 0 Å². The second-order valence-corrected chi connectivity index (χ2v) is 10.6. The second kappa shape index (κ2) is 15.0. The molecule has 14 heteroatoms. The van der Waals surface area contributed by atoms with E-state index < -0.39 is 46.0 Å². The summed E-state index contributed by atoms with van der Waals surface area (Å²) in [4.78, 5) is 23.5. The summed E-state index contributed by atoms with van der Waals surface area (Å²) < 4.78 is 85.2. The van der Waals surface area contributed by atoms with E-state index in [-0.39, 0.29) is 65.6 Å². The van der Waals surface area contributed by atoms with Crippen molar-refractivity contribution in [1.29, 1.82) is 5.26 Å². The summed E-state index contributed by atoms with van der Waals surface area (Å²) in [5, 5.41) is 11.6. The Morgan fingerprint density at radius 2 is 1.67 bits per heavy atom. The highest BCUT2D eigenvalue weighted by Crippen LogP contribution is 2.30. The van der Waals surface area contributed by atoms with Gasteiger partial charge in [-0.05, 0) is 66.4 Å². The fourth-order valence-corrected chi connectivity index (χ4v) is 5.11. The monoisotopic (exact) mass is 619 g/mol. The molecule has 1 amide bonds. The molecule has 2 N–H and O–H groups in total. The molecule has 3 aromatic carbocycles. The van der Waals surface area contributed by atoms with Crippen LogP contribution in [0.1, 0.15) is 24.5 Å². The molecule has 0 aliphatic rings. The SMILES string of the molecule is CCOC(=O)CCNC(=O)COc1cc(-c2cc(F)c(F)c(F)c2)ccc1CCNS(=O)(=O)c1cc(C#N)ccc1OC. The van der Waals surface area contributed by atoms with Gasteiger partial charge in [0.1, 0.15) is 16.4 Å². The van der Waals surface area contributed by atoms with Gasteiger partial charge in [0.05, 0.1) is 31.8 Å². The van der Waals surface area contributed by atoms with Crippen molar-refractivity contribution in [3.8, 4) is 28.7 Å². The summed E-state index contributed by atoms with van der Waals surface area (Å²) in [7, 11) is -2.83. The van der Waals surface area contributed by atoms with Gasteiger partial charge in [0, 0.05) is 13.1 Å². The molecule has 43 heavy (non-hydrogen) atoms. The highest BCUT2D eigenvalue weighted by molar-refractivity contribution is 7.89. The fourth-order valence-electron chi connectivity index (χ4n) is 3.88. The number of hydrogen-bond donors (Lipinski definition) is 2. The molecule has 0 aliphatic carbocycles. The van der Waals surface area contributed by atoms with Crippen LogP contribution >= 0.6 is 0 Å². The molecule has 0 unspecified atom stereocenters. The summed E-state index contributed by atoms with van der Waals surface area (Å²) >= 11 is 0. The summed E-state index contributed by atoms with van der Waals surface area (Å²) in [6, 6.07) is 11.8. The van der Waals surface area contributed by atoms with Gasteiger partial charge in [-0.15, -0.1) is 0 Å². The molecular formula is C29H28F3N3O7S. The van der Waals surface area contributed by atoms with Crippen molar-refractivity contribution in [1.82, 2.24) is 10.0 Å². The Balaban J connectivity index is 1.80. The number of amides is 1. The molecular weight excluding hydrogens is 591 g/mol. The molecule has 0 aromatic heterocycles. The van der Waals surface area contributed by atoms with Crippen molar-refractivity contribution in [2.24, 2.45) is 0 Å². The van der Waals surface area contributed by atoms with E-state index >= 15 is 0 Å². The molecule has 3 aromatic rings. The number of ether oxygens (including phenoxy) is 3. The van der Waals surface area contributed by atoms with E-state index in [0.717, 1.165) is 12.1 Å². The van der Waals surface area contributed by atoms with Gasteiger partial charge in [-0.3, -0.25) is 9.59 Å². The van der Waals surface area contributed by atoms with Gasteiger partial charge in [0.25, 0.3) is 5.91 Å². The first kappa shape index (κ1) is 32.9. The molecule has 0 saturated carbocycles. The van der Waals surface area contributed by atoms with E-state index in [9.17, 15) is 31.2 Å². The average Bonchev–Trinajstić information content (AvgIpc) is 2.98. The van der Waals surface area contributed by atoms with Gasteiger partial charge in [-0.1, -0.05) is 12.1 Å². The van der Waals surface area contributed by atoms with E-state index in [1.165, 1.54) is 43.5 Å². The van der Waals surface area contributed by atoms with Crippen LogP contribution in [0.25, 0.3) is 11.1 Å². The number of carbonyl (C=O) groups is 2. The molecule has 0 radical (unpaired) electrons. The van der Waals surface area contributed by atoms with Crippen LogP contribution in [0.5, 0.6) is 11.5 Å². The molecule has 0 spiro atoms. The molecule has 0 fully saturated rings. The van der Waals surface area contributed by atoms with E-state index in [0.29, 0.717) is 5.56 Å². The number of hydrogen-bond acceptors (Lipinski definition) is 8.